The summed E-state index contributed by atoms with van der Waals surface area (Å²) < 4.78 is 0. The Balaban J connectivity index is 0.00000162. The number of Topliss-reactive ketones (excluding diaryl/α,β-unsaturated/α-hetero) is 1. The lowest BCUT2D eigenvalue weighted by Gasteiger charge is -2.32. The predicted octanol–water partition coefficient (Wildman–Crippen LogP) is 5.50. The van der Waals surface area contributed by atoms with E-state index in [4.69, 9.17) is 5.73 Å². The third kappa shape index (κ3) is 5.57. The molecule has 0 spiro atoms. The lowest BCUT2D eigenvalue weighted by Crippen LogP contribution is -2.33. The summed E-state index contributed by atoms with van der Waals surface area (Å²) >= 11 is 0. The predicted molar refractivity (Wildman–Crippen MR) is 144 cm³/mol. The van der Waals surface area contributed by atoms with E-state index in [1.165, 1.54) is 18.4 Å². The maximum atomic E-state index is 13.3. The largest absolute Gasteiger partial charge is 0.398 e. The second-order valence-electron chi connectivity index (χ2n) is 9.13. The maximum absolute atomic E-state index is 13.3. The fraction of sp³-hybridized carbons (Fsp3) is 0.321. The van der Waals surface area contributed by atoms with Crippen LogP contribution in [0.2, 0.25) is 0 Å². The Morgan fingerprint density at radius 3 is 2.56 bits per heavy atom. The van der Waals surface area contributed by atoms with Crippen LogP contribution >= 0.6 is 24.8 Å². The Morgan fingerprint density at radius 2 is 1.79 bits per heavy atom. The van der Waals surface area contributed by atoms with Crippen molar-refractivity contribution >= 4 is 30.6 Å². The number of piperidine rings is 1. The molecule has 180 valence electrons. The van der Waals surface area contributed by atoms with Crippen LogP contribution in [0.1, 0.15) is 37.7 Å². The van der Waals surface area contributed by atoms with E-state index >= 15 is 0 Å². The number of nitrogens with one attached hydrogen (secondary N) is 1. The minimum Gasteiger partial charge on any atom is -0.398 e. The number of hydrogen-bond acceptors (Lipinski definition) is 4. The van der Waals surface area contributed by atoms with Crippen LogP contribution in [0.25, 0.3) is 0 Å². The SMILES string of the molecule is Cl.Cl.NC1=C2C=CC=CC=C2NC2=C1C(=O)C(=CCC1CCN(Cc3ccccc3)CC1)CC2. The van der Waals surface area contributed by atoms with E-state index in [1.54, 1.807) is 0 Å². The van der Waals surface area contributed by atoms with E-state index in [0.29, 0.717) is 17.2 Å². The van der Waals surface area contributed by atoms with Crippen molar-refractivity contribution < 1.29 is 4.79 Å². The van der Waals surface area contributed by atoms with Gasteiger partial charge < -0.3 is 11.1 Å². The molecule has 2 aliphatic heterocycles. The molecule has 1 aromatic carbocycles. The zero-order chi connectivity index (χ0) is 21.9. The number of hydrogen-bond donors (Lipinski definition) is 2. The summed E-state index contributed by atoms with van der Waals surface area (Å²) in [5, 5.41) is 3.46. The van der Waals surface area contributed by atoms with Crippen molar-refractivity contribution in [2.45, 2.75) is 38.6 Å². The first-order chi connectivity index (χ1) is 15.7. The first-order valence-electron chi connectivity index (χ1n) is 11.7. The molecule has 34 heavy (non-hydrogen) atoms. The van der Waals surface area contributed by atoms with E-state index in [0.717, 1.165) is 61.4 Å². The molecule has 0 unspecified atom stereocenters. The van der Waals surface area contributed by atoms with Crippen molar-refractivity contribution in [1.29, 1.82) is 0 Å². The summed E-state index contributed by atoms with van der Waals surface area (Å²) in [5.41, 5.74) is 13.0. The normalized spacial score (nSPS) is 21.7. The number of halogens is 2. The second kappa shape index (κ2) is 11.7. The molecule has 2 aliphatic carbocycles. The molecule has 0 aromatic heterocycles. The smallest absolute Gasteiger partial charge is 0.192 e. The lowest BCUT2D eigenvalue weighted by molar-refractivity contribution is -0.112. The van der Waals surface area contributed by atoms with Gasteiger partial charge in [-0.25, -0.2) is 0 Å². The molecule has 0 amide bonds. The average molecular weight is 498 g/mol. The molecule has 4 aliphatic rings. The molecule has 0 radical (unpaired) electrons. The van der Waals surface area contributed by atoms with E-state index in [9.17, 15) is 4.79 Å². The van der Waals surface area contributed by atoms with Gasteiger partial charge in [-0.2, -0.15) is 0 Å². The monoisotopic (exact) mass is 497 g/mol. The van der Waals surface area contributed by atoms with Gasteiger partial charge in [0.05, 0.1) is 11.3 Å². The molecule has 6 heteroatoms. The molecule has 0 bridgehead atoms. The molecule has 5 rings (SSSR count). The molecule has 1 aromatic rings. The molecule has 1 saturated heterocycles. The zero-order valence-electron chi connectivity index (χ0n) is 19.3. The van der Waals surface area contributed by atoms with E-state index in [2.05, 4.69) is 46.6 Å². The van der Waals surface area contributed by atoms with Crippen molar-refractivity contribution in [3.8, 4) is 0 Å². The van der Waals surface area contributed by atoms with Gasteiger partial charge in [0, 0.05) is 23.5 Å². The molecule has 2 heterocycles. The third-order valence-electron chi connectivity index (χ3n) is 7.00. The Hall–Kier alpha value is -2.53. The number of benzene rings is 1. The van der Waals surface area contributed by atoms with Gasteiger partial charge in [0.25, 0.3) is 0 Å². The van der Waals surface area contributed by atoms with E-state index < -0.39 is 0 Å². The van der Waals surface area contributed by atoms with Gasteiger partial charge in [0.15, 0.2) is 5.78 Å². The Morgan fingerprint density at radius 1 is 1.03 bits per heavy atom. The first kappa shape index (κ1) is 26.1. The van der Waals surface area contributed by atoms with Gasteiger partial charge in [-0.3, -0.25) is 9.69 Å². The standard InChI is InChI=1S/C28H31N3O.2ClH/c29-27-23-9-5-2-6-10-24(23)30-25-14-13-22(28(32)26(25)27)12-11-20-15-17-31(18-16-20)19-21-7-3-1-4-8-21;;/h1-10,12,20,30H,11,13-19,29H2;2*1H. The highest BCUT2D eigenvalue weighted by atomic mass is 35.5. The lowest BCUT2D eigenvalue weighted by atomic mass is 9.83. The molecule has 4 nitrogen and oxygen atoms in total. The topological polar surface area (TPSA) is 58.4 Å². The Kier molecular flexibility index (Phi) is 9.01. The second-order valence-corrected chi connectivity index (χ2v) is 9.13. The van der Waals surface area contributed by atoms with Crippen LogP contribution in [0.5, 0.6) is 0 Å². The number of carbonyl (C=O) groups is 1. The van der Waals surface area contributed by atoms with Crippen LogP contribution in [-0.4, -0.2) is 23.8 Å². The quantitative estimate of drug-likeness (QED) is 0.539. The summed E-state index contributed by atoms with van der Waals surface area (Å²) in [6.45, 7) is 3.29. The summed E-state index contributed by atoms with van der Waals surface area (Å²) in [7, 11) is 0. The number of likely N-dealkylation sites (tertiary alicyclic amines) is 1. The fourth-order valence-electron chi connectivity index (χ4n) is 5.12. The Labute approximate surface area is 214 Å². The fourth-order valence-corrected chi connectivity index (χ4v) is 5.12. The molecule has 1 fully saturated rings. The van der Waals surface area contributed by atoms with Crippen molar-refractivity contribution in [1.82, 2.24) is 10.2 Å². The number of rotatable bonds is 4. The molecule has 0 atom stereocenters. The molecule has 3 N–H and O–H groups in total. The van der Waals surface area contributed by atoms with E-state index in [1.807, 2.05) is 30.4 Å². The van der Waals surface area contributed by atoms with Crippen LogP contribution in [-0.2, 0) is 11.3 Å². The van der Waals surface area contributed by atoms with Crippen LogP contribution in [0, 0.1) is 5.92 Å². The first-order valence-corrected chi connectivity index (χ1v) is 11.7. The van der Waals surface area contributed by atoms with E-state index in [-0.39, 0.29) is 30.6 Å². The summed E-state index contributed by atoms with van der Waals surface area (Å²) in [4.78, 5) is 15.9. The van der Waals surface area contributed by atoms with Crippen LogP contribution in [0.15, 0.2) is 101 Å². The minimum absolute atomic E-state index is 0. The summed E-state index contributed by atoms with van der Waals surface area (Å²) in [6, 6.07) is 10.7. The van der Waals surface area contributed by atoms with Gasteiger partial charge in [0.2, 0.25) is 0 Å². The highest BCUT2D eigenvalue weighted by molar-refractivity contribution is 6.13. The van der Waals surface area contributed by atoms with Gasteiger partial charge in [-0.05, 0) is 68.3 Å². The van der Waals surface area contributed by atoms with Crippen molar-refractivity contribution in [2.75, 3.05) is 13.1 Å². The van der Waals surface area contributed by atoms with Crippen molar-refractivity contribution in [3.05, 3.63) is 106 Å². The van der Waals surface area contributed by atoms with Gasteiger partial charge in [0.1, 0.15) is 0 Å². The average Bonchev–Trinajstić information content (AvgIpc) is 3.06. The Bertz CT molecular complexity index is 1090. The molecular weight excluding hydrogens is 465 g/mol. The summed E-state index contributed by atoms with van der Waals surface area (Å²) in [6.07, 6.45) is 17.1. The van der Waals surface area contributed by atoms with Crippen LogP contribution in [0.4, 0.5) is 0 Å². The molecular formula is C28H33Cl2N3O. The number of fused-ring (bicyclic) bond motifs is 1. The van der Waals surface area contributed by atoms with Gasteiger partial charge >= 0.3 is 0 Å². The maximum Gasteiger partial charge on any atom is 0.192 e. The number of nitrogens with zero attached hydrogens (tertiary/aromatic N) is 1. The van der Waals surface area contributed by atoms with Gasteiger partial charge in [-0.1, -0.05) is 60.7 Å². The number of ketones is 1. The van der Waals surface area contributed by atoms with Crippen molar-refractivity contribution in [3.63, 3.8) is 0 Å². The third-order valence-corrected chi connectivity index (χ3v) is 7.00. The minimum atomic E-state index is 0. The number of allylic oxidation sites excluding steroid dienone is 9. The number of nitrogens with two attached hydrogens (primary N) is 1. The highest BCUT2D eigenvalue weighted by Crippen LogP contribution is 2.36. The van der Waals surface area contributed by atoms with Crippen molar-refractivity contribution in [2.24, 2.45) is 11.7 Å². The number of dihydropyridines is 1. The summed E-state index contributed by atoms with van der Waals surface area (Å²) in [5.74, 6) is 0.762. The van der Waals surface area contributed by atoms with Gasteiger partial charge in [-0.15, -0.1) is 24.8 Å². The zero-order valence-corrected chi connectivity index (χ0v) is 21.0. The van der Waals surface area contributed by atoms with Crippen LogP contribution < -0.4 is 11.1 Å². The molecule has 0 saturated carbocycles. The number of carbonyl (C=O) groups excluding carboxylic acids is 1. The highest BCUT2D eigenvalue weighted by Gasteiger charge is 2.32. The van der Waals surface area contributed by atoms with Crippen LogP contribution in [0.3, 0.4) is 0 Å².